The highest BCUT2D eigenvalue weighted by molar-refractivity contribution is 5.80. The van der Waals surface area contributed by atoms with Gasteiger partial charge in [0.2, 0.25) is 0 Å². The third kappa shape index (κ3) is 7.51. The molecule has 0 amide bonds. The molecule has 1 heterocycles. The number of hydrogen-bond acceptors (Lipinski definition) is 3. The van der Waals surface area contributed by atoms with Gasteiger partial charge < -0.3 is 15.5 Å². The summed E-state index contributed by atoms with van der Waals surface area (Å²) < 4.78 is 0. The fourth-order valence-electron chi connectivity index (χ4n) is 4.03. The molecule has 1 saturated heterocycles. The zero-order valence-corrected chi connectivity index (χ0v) is 18.1. The van der Waals surface area contributed by atoms with Crippen molar-refractivity contribution < 1.29 is 0 Å². The lowest BCUT2D eigenvalue weighted by atomic mass is 9.93. The van der Waals surface area contributed by atoms with Gasteiger partial charge in [-0.05, 0) is 44.8 Å². The summed E-state index contributed by atoms with van der Waals surface area (Å²) in [5.74, 6) is 0.926. The zero-order valence-electron chi connectivity index (χ0n) is 18.1. The molecule has 1 aromatic rings. The third-order valence-corrected chi connectivity index (χ3v) is 5.29. The van der Waals surface area contributed by atoms with Crippen LogP contribution in [-0.4, -0.2) is 68.6 Å². The van der Waals surface area contributed by atoms with Crippen LogP contribution in [0.2, 0.25) is 0 Å². The topological polar surface area (TPSA) is 42.9 Å². The molecule has 2 rings (SSSR count). The summed E-state index contributed by atoms with van der Waals surface area (Å²) in [5.41, 5.74) is 1.60. The number of nitrogens with one attached hydrogen (secondary N) is 2. The van der Waals surface area contributed by atoms with E-state index in [2.05, 4.69) is 90.6 Å². The Morgan fingerprint density at radius 2 is 1.96 bits per heavy atom. The Balaban J connectivity index is 1.80. The fourth-order valence-corrected chi connectivity index (χ4v) is 4.03. The molecule has 1 fully saturated rings. The molecule has 2 atom stereocenters. The largest absolute Gasteiger partial charge is 0.356 e. The number of piperidine rings is 1. The summed E-state index contributed by atoms with van der Waals surface area (Å²) in [6, 6.07) is 11.8. The Morgan fingerprint density at radius 1 is 1.26 bits per heavy atom. The first kappa shape index (κ1) is 21.7. The zero-order chi connectivity index (χ0) is 19.9. The number of aliphatic imine (C=N–C) groups is 1. The SMILES string of the molecule is CN=C(NCC(C)(C)CN(C)C)NC1CCN(Cc2ccccc2)C(C)C1. The quantitative estimate of drug-likeness (QED) is 0.570. The Bertz CT molecular complexity index is 582. The van der Waals surface area contributed by atoms with Crippen LogP contribution in [0.3, 0.4) is 0 Å². The van der Waals surface area contributed by atoms with Crippen LogP contribution in [0.25, 0.3) is 0 Å². The highest BCUT2D eigenvalue weighted by atomic mass is 15.2. The van der Waals surface area contributed by atoms with E-state index in [4.69, 9.17) is 0 Å². The second-order valence-electron chi connectivity index (χ2n) is 9.00. The van der Waals surface area contributed by atoms with Crippen molar-refractivity contribution in [1.29, 1.82) is 0 Å². The summed E-state index contributed by atoms with van der Waals surface area (Å²) in [6.07, 6.45) is 2.30. The number of benzene rings is 1. The molecule has 0 aliphatic carbocycles. The molecular weight excluding hydrogens is 334 g/mol. The van der Waals surface area contributed by atoms with Crippen molar-refractivity contribution in [2.45, 2.75) is 52.2 Å². The monoisotopic (exact) mass is 373 g/mol. The number of nitrogens with zero attached hydrogens (tertiary/aromatic N) is 3. The lowest BCUT2D eigenvalue weighted by Crippen LogP contribution is -2.52. The Morgan fingerprint density at radius 3 is 2.56 bits per heavy atom. The van der Waals surface area contributed by atoms with E-state index in [0.29, 0.717) is 12.1 Å². The minimum Gasteiger partial charge on any atom is -0.356 e. The predicted molar refractivity (Wildman–Crippen MR) is 116 cm³/mol. The van der Waals surface area contributed by atoms with E-state index in [9.17, 15) is 0 Å². The fraction of sp³-hybridized carbons (Fsp3) is 0.682. The van der Waals surface area contributed by atoms with Crippen LogP contribution in [-0.2, 0) is 6.54 Å². The minimum atomic E-state index is 0.202. The first-order valence-electron chi connectivity index (χ1n) is 10.2. The van der Waals surface area contributed by atoms with Crippen LogP contribution in [0, 0.1) is 5.41 Å². The number of hydrogen-bond donors (Lipinski definition) is 2. The van der Waals surface area contributed by atoms with E-state index in [-0.39, 0.29) is 5.41 Å². The minimum absolute atomic E-state index is 0.202. The Kier molecular flexibility index (Phi) is 8.11. The predicted octanol–water partition coefficient (Wildman–Crippen LogP) is 2.79. The Labute approximate surface area is 166 Å². The molecule has 2 N–H and O–H groups in total. The number of likely N-dealkylation sites (tertiary alicyclic amines) is 1. The maximum Gasteiger partial charge on any atom is 0.191 e. The van der Waals surface area contributed by atoms with Crippen LogP contribution in [0.15, 0.2) is 35.3 Å². The van der Waals surface area contributed by atoms with Gasteiger partial charge in [0.1, 0.15) is 0 Å². The van der Waals surface area contributed by atoms with Gasteiger partial charge in [-0.2, -0.15) is 0 Å². The molecule has 0 saturated carbocycles. The lowest BCUT2D eigenvalue weighted by Gasteiger charge is -2.38. The molecule has 152 valence electrons. The first-order valence-corrected chi connectivity index (χ1v) is 10.2. The second kappa shape index (κ2) is 10.1. The molecule has 0 aromatic heterocycles. The molecule has 0 spiro atoms. The van der Waals surface area contributed by atoms with Crippen molar-refractivity contribution >= 4 is 5.96 Å². The molecule has 27 heavy (non-hydrogen) atoms. The number of rotatable bonds is 7. The van der Waals surface area contributed by atoms with Gasteiger partial charge in [0, 0.05) is 45.3 Å². The smallest absolute Gasteiger partial charge is 0.191 e. The normalized spacial score (nSPS) is 22.1. The molecular formula is C22H39N5. The standard InChI is InChI=1S/C22H39N5/c1-18-14-20(12-13-27(18)15-19-10-8-7-9-11-19)25-21(23-4)24-16-22(2,3)17-26(5)6/h7-11,18,20H,12-17H2,1-6H3,(H2,23,24,25). The maximum atomic E-state index is 4.44. The first-order chi connectivity index (χ1) is 12.8. The maximum absolute atomic E-state index is 4.44. The molecule has 0 bridgehead atoms. The summed E-state index contributed by atoms with van der Waals surface area (Å²) in [4.78, 5) is 9.27. The van der Waals surface area contributed by atoms with E-state index in [1.807, 2.05) is 7.05 Å². The van der Waals surface area contributed by atoms with Crippen molar-refractivity contribution in [1.82, 2.24) is 20.4 Å². The summed E-state index contributed by atoms with van der Waals surface area (Å²) in [6.45, 7) is 11.0. The van der Waals surface area contributed by atoms with Crippen molar-refractivity contribution in [2.24, 2.45) is 10.4 Å². The van der Waals surface area contributed by atoms with Gasteiger partial charge in [-0.3, -0.25) is 9.89 Å². The van der Waals surface area contributed by atoms with E-state index >= 15 is 0 Å². The van der Waals surface area contributed by atoms with E-state index in [1.54, 1.807) is 0 Å². The van der Waals surface area contributed by atoms with Gasteiger partial charge in [0.25, 0.3) is 0 Å². The third-order valence-electron chi connectivity index (χ3n) is 5.29. The van der Waals surface area contributed by atoms with Crippen molar-refractivity contribution in [3.63, 3.8) is 0 Å². The van der Waals surface area contributed by atoms with Gasteiger partial charge in [-0.25, -0.2) is 0 Å². The molecule has 1 aromatic carbocycles. The van der Waals surface area contributed by atoms with Gasteiger partial charge >= 0.3 is 0 Å². The lowest BCUT2D eigenvalue weighted by molar-refractivity contribution is 0.134. The van der Waals surface area contributed by atoms with Crippen LogP contribution < -0.4 is 10.6 Å². The van der Waals surface area contributed by atoms with Gasteiger partial charge in [0.15, 0.2) is 5.96 Å². The highest BCUT2D eigenvalue weighted by Gasteiger charge is 2.26. The average molecular weight is 374 g/mol. The van der Waals surface area contributed by atoms with Crippen LogP contribution in [0.5, 0.6) is 0 Å². The van der Waals surface area contributed by atoms with Gasteiger partial charge in [0.05, 0.1) is 0 Å². The summed E-state index contributed by atoms with van der Waals surface area (Å²) >= 11 is 0. The summed E-state index contributed by atoms with van der Waals surface area (Å²) in [5, 5.41) is 7.17. The van der Waals surface area contributed by atoms with Crippen molar-refractivity contribution in [3.8, 4) is 0 Å². The highest BCUT2D eigenvalue weighted by Crippen LogP contribution is 2.20. The van der Waals surface area contributed by atoms with E-state index in [1.165, 1.54) is 5.56 Å². The molecule has 1 aliphatic heterocycles. The Hall–Kier alpha value is -1.59. The van der Waals surface area contributed by atoms with Crippen molar-refractivity contribution in [3.05, 3.63) is 35.9 Å². The van der Waals surface area contributed by atoms with Crippen LogP contribution in [0.4, 0.5) is 0 Å². The molecule has 0 radical (unpaired) electrons. The van der Waals surface area contributed by atoms with Crippen molar-refractivity contribution in [2.75, 3.05) is 40.8 Å². The molecule has 5 nitrogen and oxygen atoms in total. The molecule has 5 heteroatoms. The molecule has 2 unspecified atom stereocenters. The second-order valence-corrected chi connectivity index (χ2v) is 9.00. The van der Waals surface area contributed by atoms with E-state index in [0.717, 1.165) is 45.0 Å². The van der Waals surface area contributed by atoms with E-state index < -0.39 is 0 Å². The van der Waals surface area contributed by atoms with Gasteiger partial charge in [-0.1, -0.05) is 44.2 Å². The molecule has 1 aliphatic rings. The van der Waals surface area contributed by atoms with Gasteiger partial charge in [-0.15, -0.1) is 0 Å². The average Bonchev–Trinajstić information content (AvgIpc) is 2.60. The number of guanidine groups is 1. The van der Waals surface area contributed by atoms with Crippen LogP contribution in [0.1, 0.15) is 39.2 Å². The van der Waals surface area contributed by atoms with Crippen LogP contribution >= 0.6 is 0 Å². The summed E-state index contributed by atoms with van der Waals surface area (Å²) in [7, 11) is 6.11.